The van der Waals surface area contributed by atoms with Crippen LogP contribution >= 0.6 is 0 Å². The maximum absolute atomic E-state index is 4.41. The van der Waals surface area contributed by atoms with Crippen molar-refractivity contribution in [3.8, 4) is 5.69 Å². The number of aromatic nitrogens is 4. The number of nitrogens with zero attached hydrogens (tertiary/aromatic N) is 4. The molecule has 0 spiro atoms. The van der Waals surface area contributed by atoms with Crippen LogP contribution in [0, 0.1) is 6.92 Å². The minimum absolute atomic E-state index is 0.874. The molecule has 0 N–H and O–H groups in total. The van der Waals surface area contributed by atoms with Crippen LogP contribution in [0.25, 0.3) is 16.6 Å². The molecule has 0 radical (unpaired) electrons. The lowest BCUT2D eigenvalue weighted by molar-refractivity contribution is 0.602. The van der Waals surface area contributed by atoms with Crippen molar-refractivity contribution in [3.05, 3.63) is 77.5 Å². The van der Waals surface area contributed by atoms with Crippen LogP contribution in [0.3, 0.4) is 0 Å². The van der Waals surface area contributed by atoms with Gasteiger partial charge in [0.25, 0.3) is 0 Å². The van der Waals surface area contributed by atoms with Crippen LogP contribution in [-0.2, 0) is 25.8 Å². The number of fused-ring (bicyclic) bond motifs is 3. The van der Waals surface area contributed by atoms with Gasteiger partial charge in [-0.2, -0.15) is 0 Å². The van der Waals surface area contributed by atoms with E-state index in [9.17, 15) is 0 Å². The normalized spacial score (nSPS) is 13.8. The number of rotatable bonds is 4. The van der Waals surface area contributed by atoms with Gasteiger partial charge in [-0.3, -0.25) is 4.57 Å². The van der Waals surface area contributed by atoms with Crippen LogP contribution in [0.4, 0.5) is 0 Å². The lowest BCUT2D eigenvalue weighted by atomic mass is 9.95. The van der Waals surface area contributed by atoms with Crippen molar-refractivity contribution >= 4 is 10.9 Å². The fraction of sp³-hybridized carbons (Fsp3) is 0.304. The van der Waals surface area contributed by atoms with Gasteiger partial charge in [0.05, 0.1) is 0 Å². The van der Waals surface area contributed by atoms with E-state index in [0.717, 1.165) is 24.5 Å². The van der Waals surface area contributed by atoms with Crippen LogP contribution in [0.2, 0.25) is 0 Å². The predicted molar refractivity (Wildman–Crippen MR) is 108 cm³/mol. The zero-order valence-electron chi connectivity index (χ0n) is 15.7. The molecule has 136 valence electrons. The summed E-state index contributed by atoms with van der Waals surface area (Å²) in [6.45, 7) is 3.05. The lowest BCUT2D eigenvalue weighted by Gasteiger charge is -2.16. The first-order valence-corrected chi connectivity index (χ1v) is 9.86. The van der Waals surface area contributed by atoms with E-state index < -0.39 is 0 Å². The van der Waals surface area contributed by atoms with E-state index in [2.05, 4.69) is 74.8 Å². The highest BCUT2D eigenvalue weighted by molar-refractivity contribution is 5.85. The largest absolute Gasteiger partial charge is 0.344 e. The number of para-hydroxylation sites is 1. The van der Waals surface area contributed by atoms with Gasteiger partial charge in [-0.25, -0.2) is 0 Å². The molecule has 2 aromatic carbocycles. The van der Waals surface area contributed by atoms with Crippen molar-refractivity contribution in [2.45, 2.75) is 45.6 Å². The Balaban J connectivity index is 1.48. The van der Waals surface area contributed by atoms with Crippen molar-refractivity contribution < 1.29 is 0 Å². The average Bonchev–Trinajstić information content (AvgIpc) is 3.30. The smallest absolute Gasteiger partial charge is 0.139 e. The molecule has 5 rings (SSSR count). The van der Waals surface area contributed by atoms with Gasteiger partial charge < -0.3 is 4.57 Å². The van der Waals surface area contributed by atoms with E-state index >= 15 is 0 Å². The van der Waals surface area contributed by atoms with Crippen LogP contribution < -0.4 is 0 Å². The molecule has 0 saturated carbocycles. The third-order valence-electron chi connectivity index (χ3n) is 5.77. The van der Waals surface area contributed by atoms with Crippen molar-refractivity contribution in [3.63, 3.8) is 0 Å². The SMILES string of the molecule is Cc1ccc(-n2cnnc2CCn2c3c(c4ccccc42)CCCC3)cc1. The maximum Gasteiger partial charge on any atom is 0.139 e. The van der Waals surface area contributed by atoms with Gasteiger partial charge in [0.1, 0.15) is 12.2 Å². The predicted octanol–water partition coefficient (Wildman–Crippen LogP) is 4.65. The van der Waals surface area contributed by atoms with Crippen molar-refractivity contribution in [2.24, 2.45) is 0 Å². The molecule has 0 fully saturated rings. The zero-order chi connectivity index (χ0) is 18.2. The molecule has 4 nitrogen and oxygen atoms in total. The first-order chi connectivity index (χ1) is 13.3. The van der Waals surface area contributed by atoms with E-state index in [1.807, 2.05) is 6.33 Å². The molecule has 0 aliphatic heterocycles. The molecule has 2 heterocycles. The average molecular weight is 356 g/mol. The van der Waals surface area contributed by atoms with Gasteiger partial charge in [0, 0.05) is 35.2 Å². The number of aryl methyl sites for hydroxylation is 4. The van der Waals surface area contributed by atoms with Gasteiger partial charge in [-0.1, -0.05) is 35.9 Å². The Bertz CT molecular complexity index is 1090. The second-order valence-corrected chi connectivity index (χ2v) is 7.50. The van der Waals surface area contributed by atoms with E-state index in [4.69, 9.17) is 0 Å². The molecule has 27 heavy (non-hydrogen) atoms. The third kappa shape index (κ3) is 2.85. The van der Waals surface area contributed by atoms with Crippen LogP contribution in [0.1, 0.15) is 35.5 Å². The quantitative estimate of drug-likeness (QED) is 0.533. The number of benzene rings is 2. The summed E-state index contributed by atoms with van der Waals surface area (Å²) in [5.41, 5.74) is 6.85. The summed E-state index contributed by atoms with van der Waals surface area (Å²) in [6.07, 6.45) is 7.70. The van der Waals surface area contributed by atoms with Gasteiger partial charge in [0.2, 0.25) is 0 Å². The monoisotopic (exact) mass is 356 g/mol. The van der Waals surface area contributed by atoms with Crippen LogP contribution in [0.15, 0.2) is 54.9 Å². The highest BCUT2D eigenvalue weighted by atomic mass is 15.3. The molecular formula is C23H24N4. The van der Waals surface area contributed by atoms with Gasteiger partial charge in [0.15, 0.2) is 0 Å². The van der Waals surface area contributed by atoms with Crippen LogP contribution in [0.5, 0.6) is 0 Å². The Morgan fingerprint density at radius 2 is 1.78 bits per heavy atom. The second kappa shape index (κ2) is 6.69. The summed E-state index contributed by atoms with van der Waals surface area (Å²) in [6, 6.07) is 17.4. The summed E-state index contributed by atoms with van der Waals surface area (Å²) in [7, 11) is 0. The Hall–Kier alpha value is -2.88. The van der Waals surface area contributed by atoms with Gasteiger partial charge in [-0.05, 0) is 56.4 Å². The standard InChI is InChI=1S/C23H24N4/c1-17-10-12-18(13-11-17)27-16-24-25-23(27)14-15-26-21-8-4-2-6-19(21)20-7-3-5-9-22(20)26/h2,4,6,8,10-13,16H,3,5,7,9,14-15H2,1H3. The Kier molecular flexibility index (Phi) is 4.04. The van der Waals surface area contributed by atoms with Crippen molar-refractivity contribution in [1.29, 1.82) is 0 Å². The molecule has 1 aliphatic carbocycles. The molecule has 4 heteroatoms. The molecule has 0 amide bonds. The van der Waals surface area contributed by atoms with E-state index in [0.29, 0.717) is 0 Å². The second-order valence-electron chi connectivity index (χ2n) is 7.50. The number of hydrogen-bond donors (Lipinski definition) is 0. The molecular weight excluding hydrogens is 332 g/mol. The topological polar surface area (TPSA) is 35.6 Å². The van der Waals surface area contributed by atoms with E-state index in [1.165, 1.54) is 47.8 Å². The van der Waals surface area contributed by atoms with E-state index in [-0.39, 0.29) is 0 Å². The summed E-state index contributed by atoms with van der Waals surface area (Å²) < 4.78 is 4.63. The highest BCUT2D eigenvalue weighted by Crippen LogP contribution is 2.32. The third-order valence-corrected chi connectivity index (χ3v) is 5.77. The summed E-state index contributed by atoms with van der Waals surface area (Å²) >= 11 is 0. The summed E-state index contributed by atoms with van der Waals surface area (Å²) in [4.78, 5) is 0. The zero-order valence-corrected chi connectivity index (χ0v) is 15.7. The minimum Gasteiger partial charge on any atom is -0.344 e. The molecule has 2 aromatic heterocycles. The van der Waals surface area contributed by atoms with Gasteiger partial charge in [-0.15, -0.1) is 10.2 Å². The molecule has 1 aliphatic rings. The highest BCUT2D eigenvalue weighted by Gasteiger charge is 2.20. The Labute approximate surface area is 159 Å². The lowest BCUT2D eigenvalue weighted by Crippen LogP contribution is -2.12. The van der Waals surface area contributed by atoms with Crippen molar-refractivity contribution in [1.82, 2.24) is 19.3 Å². The Morgan fingerprint density at radius 3 is 2.67 bits per heavy atom. The first kappa shape index (κ1) is 16.3. The van der Waals surface area contributed by atoms with Crippen LogP contribution in [-0.4, -0.2) is 19.3 Å². The van der Waals surface area contributed by atoms with Gasteiger partial charge >= 0.3 is 0 Å². The molecule has 0 saturated heterocycles. The van der Waals surface area contributed by atoms with Crippen molar-refractivity contribution in [2.75, 3.05) is 0 Å². The molecule has 0 atom stereocenters. The Morgan fingerprint density at radius 1 is 0.963 bits per heavy atom. The van der Waals surface area contributed by atoms with E-state index in [1.54, 1.807) is 5.56 Å². The number of hydrogen-bond acceptors (Lipinski definition) is 2. The fourth-order valence-corrected chi connectivity index (χ4v) is 4.40. The summed E-state index contributed by atoms with van der Waals surface area (Å²) in [5, 5.41) is 10.0. The molecule has 0 unspecified atom stereocenters. The fourth-order valence-electron chi connectivity index (χ4n) is 4.40. The minimum atomic E-state index is 0.874. The molecule has 4 aromatic rings. The molecule has 0 bridgehead atoms. The maximum atomic E-state index is 4.41. The summed E-state index contributed by atoms with van der Waals surface area (Å²) in [5.74, 6) is 1.01. The first-order valence-electron chi connectivity index (χ1n) is 9.86.